The molecule has 0 saturated carbocycles. The highest BCUT2D eigenvalue weighted by Crippen LogP contribution is 2.27. The number of phenolic OH excluding ortho intramolecular Hbond substituents is 1. The first-order valence-corrected chi connectivity index (χ1v) is 3.93. The maximum Gasteiger partial charge on any atom is 0.124 e. The van der Waals surface area contributed by atoms with Crippen LogP contribution in [0.15, 0.2) is 24.8 Å². The lowest BCUT2D eigenvalue weighted by Gasteiger charge is -2.11. The molecular formula is C10H13ClFNO. The molecule has 0 spiro atoms. The van der Waals surface area contributed by atoms with Gasteiger partial charge in [-0.3, -0.25) is 0 Å². The molecule has 0 saturated heterocycles. The van der Waals surface area contributed by atoms with E-state index in [1.165, 1.54) is 18.2 Å². The molecule has 1 aromatic carbocycles. The van der Waals surface area contributed by atoms with E-state index in [1.807, 2.05) is 0 Å². The first-order chi connectivity index (χ1) is 6.06. The molecule has 0 heterocycles. The van der Waals surface area contributed by atoms with E-state index in [-0.39, 0.29) is 18.2 Å². The number of aromatic hydroxyl groups is 1. The fraction of sp³-hybridized carbons (Fsp3) is 0.200. The van der Waals surface area contributed by atoms with Gasteiger partial charge < -0.3 is 10.8 Å². The quantitative estimate of drug-likeness (QED) is 0.748. The molecule has 14 heavy (non-hydrogen) atoms. The van der Waals surface area contributed by atoms with E-state index >= 15 is 0 Å². The van der Waals surface area contributed by atoms with Gasteiger partial charge in [-0.05, 0) is 24.6 Å². The van der Waals surface area contributed by atoms with E-state index in [0.717, 1.165) is 0 Å². The van der Waals surface area contributed by atoms with Crippen LogP contribution in [0, 0.1) is 12.7 Å². The second-order valence-electron chi connectivity index (χ2n) is 2.92. The first kappa shape index (κ1) is 12.9. The molecule has 0 bridgehead atoms. The molecule has 0 aliphatic carbocycles. The molecule has 1 atom stereocenters. The summed E-state index contributed by atoms with van der Waals surface area (Å²) >= 11 is 0. The molecule has 0 amide bonds. The minimum atomic E-state index is -0.533. The highest BCUT2D eigenvalue weighted by Gasteiger charge is 2.11. The van der Waals surface area contributed by atoms with Crippen molar-refractivity contribution < 1.29 is 9.50 Å². The summed E-state index contributed by atoms with van der Waals surface area (Å²) in [6, 6.07) is 1.94. The SMILES string of the molecule is C=C[C@@H](N)c1cc(F)cc(C)c1O.Cl. The lowest BCUT2D eigenvalue weighted by atomic mass is 10.0. The third-order valence-corrected chi connectivity index (χ3v) is 1.91. The zero-order valence-electron chi connectivity index (χ0n) is 7.83. The Balaban J connectivity index is 0.00000169. The van der Waals surface area contributed by atoms with Crippen molar-refractivity contribution in [3.63, 3.8) is 0 Å². The van der Waals surface area contributed by atoms with Crippen molar-refractivity contribution in [1.82, 2.24) is 0 Å². The van der Waals surface area contributed by atoms with Crippen LogP contribution >= 0.6 is 12.4 Å². The summed E-state index contributed by atoms with van der Waals surface area (Å²) in [6.07, 6.45) is 1.45. The van der Waals surface area contributed by atoms with Crippen LogP contribution in [0.5, 0.6) is 5.75 Å². The van der Waals surface area contributed by atoms with Crippen molar-refractivity contribution in [3.05, 3.63) is 41.7 Å². The molecule has 3 N–H and O–H groups in total. The number of rotatable bonds is 2. The van der Waals surface area contributed by atoms with E-state index in [4.69, 9.17) is 5.73 Å². The smallest absolute Gasteiger partial charge is 0.124 e. The van der Waals surface area contributed by atoms with Gasteiger partial charge in [-0.1, -0.05) is 6.08 Å². The summed E-state index contributed by atoms with van der Waals surface area (Å²) in [7, 11) is 0. The Morgan fingerprint density at radius 3 is 2.64 bits per heavy atom. The number of hydrogen-bond acceptors (Lipinski definition) is 2. The van der Waals surface area contributed by atoms with Crippen LogP contribution in [0.25, 0.3) is 0 Å². The van der Waals surface area contributed by atoms with E-state index < -0.39 is 11.9 Å². The second-order valence-corrected chi connectivity index (χ2v) is 2.92. The topological polar surface area (TPSA) is 46.2 Å². The van der Waals surface area contributed by atoms with Crippen LogP contribution < -0.4 is 5.73 Å². The molecule has 4 heteroatoms. The number of benzene rings is 1. The average molecular weight is 218 g/mol. The summed E-state index contributed by atoms with van der Waals surface area (Å²) in [5.74, 6) is -0.364. The molecule has 0 aliphatic heterocycles. The Morgan fingerprint density at radius 2 is 2.14 bits per heavy atom. The third kappa shape index (κ3) is 2.47. The van der Waals surface area contributed by atoms with Gasteiger partial charge in [0, 0.05) is 5.56 Å². The number of phenols is 1. The van der Waals surface area contributed by atoms with Crippen LogP contribution in [-0.4, -0.2) is 5.11 Å². The van der Waals surface area contributed by atoms with E-state index in [9.17, 15) is 9.50 Å². The molecule has 1 aromatic rings. The van der Waals surface area contributed by atoms with Gasteiger partial charge in [0.15, 0.2) is 0 Å². The maximum atomic E-state index is 12.9. The van der Waals surface area contributed by atoms with Crippen molar-refractivity contribution in [1.29, 1.82) is 0 Å². The van der Waals surface area contributed by atoms with Crippen LogP contribution in [0.3, 0.4) is 0 Å². The van der Waals surface area contributed by atoms with Gasteiger partial charge in [0.05, 0.1) is 6.04 Å². The monoisotopic (exact) mass is 217 g/mol. The van der Waals surface area contributed by atoms with Gasteiger partial charge in [-0.2, -0.15) is 0 Å². The summed E-state index contributed by atoms with van der Waals surface area (Å²) < 4.78 is 12.9. The van der Waals surface area contributed by atoms with Gasteiger partial charge in [0.25, 0.3) is 0 Å². The van der Waals surface area contributed by atoms with Crippen LogP contribution in [0.4, 0.5) is 4.39 Å². The van der Waals surface area contributed by atoms with Gasteiger partial charge in [0.2, 0.25) is 0 Å². The molecule has 0 radical (unpaired) electrons. The van der Waals surface area contributed by atoms with Gasteiger partial charge in [-0.15, -0.1) is 19.0 Å². The Labute approximate surface area is 88.7 Å². The van der Waals surface area contributed by atoms with Gasteiger partial charge in [0.1, 0.15) is 11.6 Å². The standard InChI is InChI=1S/C10H12FNO.ClH/c1-3-9(12)8-5-7(11)4-6(2)10(8)13;/h3-5,9,13H,1,12H2,2H3;1H/t9-;/m1./s1. The fourth-order valence-electron chi connectivity index (χ4n) is 1.14. The van der Waals surface area contributed by atoms with Crippen molar-refractivity contribution in [2.75, 3.05) is 0 Å². The molecule has 2 nitrogen and oxygen atoms in total. The van der Waals surface area contributed by atoms with E-state index in [0.29, 0.717) is 11.1 Å². The zero-order valence-corrected chi connectivity index (χ0v) is 8.64. The summed E-state index contributed by atoms with van der Waals surface area (Å²) in [6.45, 7) is 5.10. The first-order valence-electron chi connectivity index (χ1n) is 3.93. The lowest BCUT2D eigenvalue weighted by Crippen LogP contribution is -2.07. The van der Waals surface area contributed by atoms with E-state index in [2.05, 4.69) is 6.58 Å². The second kappa shape index (κ2) is 4.98. The highest BCUT2D eigenvalue weighted by atomic mass is 35.5. The van der Waals surface area contributed by atoms with Gasteiger partial charge >= 0.3 is 0 Å². The summed E-state index contributed by atoms with van der Waals surface area (Å²) in [5.41, 5.74) is 6.44. The Morgan fingerprint density at radius 1 is 1.57 bits per heavy atom. The van der Waals surface area contributed by atoms with Gasteiger partial charge in [-0.25, -0.2) is 4.39 Å². The van der Waals surface area contributed by atoms with E-state index in [1.54, 1.807) is 6.92 Å². The lowest BCUT2D eigenvalue weighted by molar-refractivity contribution is 0.458. The number of hydrogen-bond donors (Lipinski definition) is 2. The Kier molecular flexibility index (Phi) is 4.60. The number of halogens is 2. The largest absolute Gasteiger partial charge is 0.507 e. The van der Waals surface area contributed by atoms with Crippen LogP contribution in [0.1, 0.15) is 17.2 Å². The predicted molar refractivity (Wildman–Crippen MR) is 57.2 cm³/mol. The third-order valence-electron chi connectivity index (χ3n) is 1.91. The molecule has 1 rings (SSSR count). The predicted octanol–water partition coefficient (Wildman–Crippen LogP) is 2.45. The minimum Gasteiger partial charge on any atom is -0.507 e. The minimum absolute atomic E-state index is 0. The zero-order chi connectivity index (χ0) is 10.0. The van der Waals surface area contributed by atoms with Crippen molar-refractivity contribution in [3.8, 4) is 5.75 Å². The number of aryl methyl sites for hydroxylation is 1. The van der Waals surface area contributed by atoms with Crippen LogP contribution in [-0.2, 0) is 0 Å². The summed E-state index contributed by atoms with van der Waals surface area (Å²) in [5, 5.41) is 9.53. The van der Waals surface area contributed by atoms with Crippen LogP contribution in [0.2, 0.25) is 0 Å². The molecule has 0 aromatic heterocycles. The molecular weight excluding hydrogens is 205 g/mol. The molecule has 0 fully saturated rings. The molecule has 78 valence electrons. The normalized spacial score (nSPS) is 11.6. The molecule has 0 unspecified atom stereocenters. The highest BCUT2D eigenvalue weighted by molar-refractivity contribution is 5.85. The Hall–Kier alpha value is -1.06. The average Bonchev–Trinajstić information content (AvgIpc) is 2.10. The van der Waals surface area contributed by atoms with Crippen molar-refractivity contribution in [2.45, 2.75) is 13.0 Å². The van der Waals surface area contributed by atoms with Crippen molar-refractivity contribution in [2.24, 2.45) is 5.73 Å². The fourth-order valence-corrected chi connectivity index (χ4v) is 1.14. The maximum absolute atomic E-state index is 12.9. The Bertz CT molecular complexity index is 341. The summed E-state index contributed by atoms with van der Waals surface area (Å²) in [4.78, 5) is 0. The molecule has 0 aliphatic rings. The van der Waals surface area contributed by atoms with Crippen molar-refractivity contribution >= 4 is 12.4 Å². The number of nitrogens with two attached hydrogens (primary N) is 1.